The summed E-state index contributed by atoms with van der Waals surface area (Å²) in [6.45, 7) is 4.46. The minimum atomic E-state index is 0.109. The molecule has 0 unspecified atom stereocenters. The smallest absolute Gasteiger partial charge is 0.246 e. The third-order valence-electron chi connectivity index (χ3n) is 3.66. The first-order valence-electron chi connectivity index (χ1n) is 6.63. The summed E-state index contributed by atoms with van der Waals surface area (Å²) < 4.78 is 0. The molecule has 2 aliphatic rings. The number of hydrogen-bond acceptors (Lipinski definition) is 2. The normalized spacial score (nSPS) is 19.4. The molecule has 0 bridgehead atoms. The quantitative estimate of drug-likeness (QED) is 0.576. The maximum absolute atomic E-state index is 11.8. The molecule has 0 radical (unpaired) electrons. The number of rotatable bonds is 4. The van der Waals surface area contributed by atoms with Crippen LogP contribution in [0, 0.1) is 0 Å². The van der Waals surface area contributed by atoms with Gasteiger partial charge in [0.1, 0.15) is 0 Å². The molecule has 1 aliphatic heterocycles. The second kappa shape index (κ2) is 6.01. The summed E-state index contributed by atoms with van der Waals surface area (Å²) >= 11 is 0. The van der Waals surface area contributed by atoms with Crippen molar-refractivity contribution in [3.8, 4) is 0 Å². The Hall–Kier alpha value is -1.09. The molecule has 0 aromatic rings. The van der Waals surface area contributed by atoms with E-state index >= 15 is 0 Å². The van der Waals surface area contributed by atoms with Gasteiger partial charge in [-0.15, -0.1) is 0 Å². The Bertz CT molecular complexity index is 349. The van der Waals surface area contributed by atoms with Crippen molar-refractivity contribution >= 4 is 5.91 Å². The Labute approximate surface area is 103 Å². The highest BCUT2D eigenvalue weighted by atomic mass is 16.1. The van der Waals surface area contributed by atoms with Gasteiger partial charge in [-0.05, 0) is 44.6 Å². The maximum atomic E-state index is 11.8. The van der Waals surface area contributed by atoms with E-state index in [9.17, 15) is 4.79 Å². The first kappa shape index (κ1) is 12.4. The minimum absolute atomic E-state index is 0.109. The van der Waals surface area contributed by atoms with Crippen molar-refractivity contribution in [1.29, 1.82) is 0 Å². The van der Waals surface area contributed by atoms with Gasteiger partial charge in [-0.2, -0.15) is 0 Å². The van der Waals surface area contributed by atoms with Crippen LogP contribution in [0.25, 0.3) is 0 Å². The van der Waals surface area contributed by atoms with Gasteiger partial charge in [-0.25, -0.2) is 0 Å². The first-order valence-corrected chi connectivity index (χ1v) is 6.63. The summed E-state index contributed by atoms with van der Waals surface area (Å²) in [5.74, 6) is 0.109. The molecule has 1 fully saturated rings. The fraction of sp³-hybridized carbons (Fsp3) is 0.643. The summed E-state index contributed by atoms with van der Waals surface area (Å²) in [7, 11) is 0. The zero-order valence-corrected chi connectivity index (χ0v) is 10.6. The molecule has 17 heavy (non-hydrogen) atoms. The molecule has 2 rings (SSSR count). The number of allylic oxidation sites excluding steroid dienone is 1. The Morgan fingerprint density at radius 1 is 1.41 bits per heavy atom. The molecule has 1 heterocycles. The van der Waals surface area contributed by atoms with Gasteiger partial charge >= 0.3 is 0 Å². The van der Waals surface area contributed by atoms with Crippen LogP contribution in [0.5, 0.6) is 0 Å². The Morgan fingerprint density at radius 2 is 2.24 bits per heavy atom. The fourth-order valence-corrected chi connectivity index (χ4v) is 2.28. The van der Waals surface area contributed by atoms with Gasteiger partial charge in [0.15, 0.2) is 0 Å². The standard InChI is InChI=1S/C14H22N2O/c1-11(13-9-15-10-13)14(17)16-8-7-12-5-3-2-4-6-12/h5,15H,2-4,6-10H2,1H3,(H,16,17). The fourth-order valence-electron chi connectivity index (χ4n) is 2.28. The largest absolute Gasteiger partial charge is 0.352 e. The molecule has 0 aromatic carbocycles. The maximum Gasteiger partial charge on any atom is 0.246 e. The summed E-state index contributed by atoms with van der Waals surface area (Å²) in [6, 6.07) is 0. The van der Waals surface area contributed by atoms with Gasteiger partial charge < -0.3 is 10.6 Å². The highest BCUT2D eigenvalue weighted by Crippen LogP contribution is 2.19. The summed E-state index contributed by atoms with van der Waals surface area (Å²) in [5, 5.41) is 6.17. The number of carbonyl (C=O) groups excluding carboxylic acids is 1. The van der Waals surface area contributed by atoms with E-state index in [2.05, 4.69) is 16.7 Å². The first-order chi connectivity index (χ1) is 8.27. The van der Waals surface area contributed by atoms with E-state index in [-0.39, 0.29) is 5.91 Å². The summed E-state index contributed by atoms with van der Waals surface area (Å²) in [5.41, 5.74) is 3.67. The predicted octanol–water partition coefficient (Wildman–Crippen LogP) is 1.91. The summed E-state index contributed by atoms with van der Waals surface area (Å²) in [4.78, 5) is 11.8. The molecule has 94 valence electrons. The van der Waals surface area contributed by atoms with Gasteiger partial charge in [0.25, 0.3) is 0 Å². The van der Waals surface area contributed by atoms with Crippen molar-refractivity contribution in [2.75, 3.05) is 19.6 Å². The Kier molecular flexibility index (Phi) is 4.37. The lowest BCUT2D eigenvalue weighted by atomic mass is 9.97. The molecule has 3 heteroatoms. The number of hydrogen-bond donors (Lipinski definition) is 2. The van der Waals surface area contributed by atoms with Crippen LogP contribution >= 0.6 is 0 Å². The van der Waals surface area contributed by atoms with E-state index in [0.717, 1.165) is 31.6 Å². The number of carbonyl (C=O) groups is 1. The monoisotopic (exact) mass is 234 g/mol. The van der Waals surface area contributed by atoms with E-state index in [1.54, 1.807) is 0 Å². The van der Waals surface area contributed by atoms with Crippen molar-refractivity contribution in [3.05, 3.63) is 22.8 Å². The van der Waals surface area contributed by atoms with Crippen LogP contribution < -0.4 is 10.6 Å². The zero-order valence-electron chi connectivity index (χ0n) is 10.6. The molecule has 0 saturated carbocycles. The molecule has 0 atom stereocenters. The van der Waals surface area contributed by atoms with Gasteiger partial charge in [-0.1, -0.05) is 11.6 Å². The van der Waals surface area contributed by atoms with Crippen LogP contribution in [0.2, 0.25) is 0 Å². The molecule has 0 spiro atoms. The van der Waals surface area contributed by atoms with Crippen molar-refractivity contribution in [2.45, 2.75) is 39.0 Å². The third kappa shape index (κ3) is 3.43. The van der Waals surface area contributed by atoms with E-state index in [0.29, 0.717) is 0 Å². The lowest BCUT2D eigenvalue weighted by Gasteiger charge is -2.21. The van der Waals surface area contributed by atoms with Crippen LogP contribution in [0.3, 0.4) is 0 Å². The molecule has 2 N–H and O–H groups in total. The molecule has 0 aromatic heterocycles. The third-order valence-corrected chi connectivity index (χ3v) is 3.66. The van der Waals surface area contributed by atoms with E-state index in [4.69, 9.17) is 0 Å². The van der Waals surface area contributed by atoms with Crippen LogP contribution in [0.1, 0.15) is 39.0 Å². The minimum Gasteiger partial charge on any atom is -0.352 e. The van der Waals surface area contributed by atoms with Gasteiger partial charge in [0.2, 0.25) is 5.91 Å². The highest BCUT2D eigenvalue weighted by Gasteiger charge is 2.15. The molecular weight excluding hydrogens is 212 g/mol. The number of amides is 1. The Morgan fingerprint density at radius 3 is 2.82 bits per heavy atom. The zero-order chi connectivity index (χ0) is 12.1. The SMILES string of the molecule is CC(C(=O)NCCC1=CCCCC1)=C1CNC1. The molecule has 1 aliphatic carbocycles. The van der Waals surface area contributed by atoms with Gasteiger partial charge in [0, 0.05) is 25.2 Å². The van der Waals surface area contributed by atoms with Crippen molar-refractivity contribution in [3.63, 3.8) is 0 Å². The molecular formula is C14H22N2O. The van der Waals surface area contributed by atoms with Crippen molar-refractivity contribution in [1.82, 2.24) is 10.6 Å². The lowest BCUT2D eigenvalue weighted by Crippen LogP contribution is -2.37. The van der Waals surface area contributed by atoms with Crippen LogP contribution in [-0.2, 0) is 4.79 Å². The molecule has 3 nitrogen and oxygen atoms in total. The van der Waals surface area contributed by atoms with Crippen molar-refractivity contribution < 1.29 is 4.79 Å². The second-order valence-corrected chi connectivity index (χ2v) is 4.95. The topological polar surface area (TPSA) is 41.1 Å². The second-order valence-electron chi connectivity index (χ2n) is 4.95. The highest BCUT2D eigenvalue weighted by molar-refractivity contribution is 5.93. The van der Waals surface area contributed by atoms with E-state index in [1.807, 2.05) is 6.92 Å². The van der Waals surface area contributed by atoms with Crippen LogP contribution in [0.15, 0.2) is 22.8 Å². The van der Waals surface area contributed by atoms with Crippen molar-refractivity contribution in [2.24, 2.45) is 0 Å². The molecule has 1 saturated heterocycles. The average Bonchev–Trinajstić information content (AvgIpc) is 2.28. The Balaban J connectivity index is 1.71. The molecule has 1 amide bonds. The number of nitrogens with one attached hydrogen (secondary N) is 2. The lowest BCUT2D eigenvalue weighted by molar-refractivity contribution is -0.117. The van der Waals surface area contributed by atoms with E-state index in [1.165, 1.54) is 36.8 Å². The average molecular weight is 234 g/mol. The van der Waals surface area contributed by atoms with E-state index < -0.39 is 0 Å². The van der Waals surface area contributed by atoms with Crippen LogP contribution in [-0.4, -0.2) is 25.5 Å². The van der Waals surface area contributed by atoms with Crippen LogP contribution in [0.4, 0.5) is 0 Å². The predicted molar refractivity (Wildman–Crippen MR) is 69.7 cm³/mol. The van der Waals surface area contributed by atoms with Gasteiger partial charge in [0.05, 0.1) is 0 Å². The summed E-state index contributed by atoms with van der Waals surface area (Å²) in [6.07, 6.45) is 8.45. The van der Waals surface area contributed by atoms with Gasteiger partial charge in [-0.3, -0.25) is 4.79 Å².